The van der Waals surface area contributed by atoms with E-state index in [4.69, 9.17) is 9.47 Å². The van der Waals surface area contributed by atoms with Crippen molar-refractivity contribution in [3.8, 4) is 11.5 Å². The Labute approximate surface area is 182 Å². The second-order valence-electron chi connectivity index (χ2n) is 6.20. The maximum absolute atomic E-state index is 11.9. The number of nitrogens with one attached hydrogen (secondary N) is 1. The second-order valence-corrected chi connectivity index (χ2v) is 8.13. The molecular formula is C22H20BrNO4S. The van der Waals surface area contributed by atoms with Gasteiger partial charge in [0.05, 0.1) is 11.5 Å². The molecule has 1 aliphatic rings. The van der Waals surface area contributed by atoms with E-state index in [9.17, 15) is 9.59 Å². The lowest BCUT2D eigenvalue weighted by atomic mass is 10.0. The maximum atomic E-state index is 11.9. The zero-order chi connectivity index (χ0) is 20.8. The molecule has 2 aromatic rings. The highest BCUT2D eigenvalue weighted by Crippen LogP contribution is 2.36. The molecule has 0 aromatic heterocycles. The van der Waals surface area contributed by atoms with Crippen LogP contribution in [-0.4, -0.2) is 17.8 Å². The molecule has 0 saturated carbocycles. The van der Waals surface area contributed by atoms with Gasteiger partial charge in [-0.15, -0.1) is 6.58 Å². The lowest BCUT2D eigenvalue weighted by Gasteiger charge is -2.17. The van der Waals surface area contributed by atoms with Crippen molar-refractivity contribution in [2.75, 3.05) is 6.61 Å². The van der Waals surface area contributed by atoms with Gasteiger partial charge in [0.2, 0.25) is 0 Å². The minimum atomic E-state index is -0.390. The molecular weight excluding hydrogens is 454 g/mol. The van der Waals surface area contributed by atoms with Gasteiger partial charge in [0.15, 0.2) is 11.5 Å². The van der Waals surface area contributed by atoms with Crippen molar-refractivity contribution in [2.45, 2.75) is 20.0 Å². The molecule has 0 radical (unpaired) electrons. The SMILES string of the molecule is C=CCc1cc(C=C2SC(=O)NC2=O)cc(OCC)c1OCc1ccc(Br)cc1. The van der Waals surface area contributed by atoms with Crippen molar-refractivity contribution in [2.24, 2.45) is 0 Å². The van der Waals surface area contributed by atoms with E-state index in [-0.39, 0.29) is 5.24 Å². The Bertz CT molecular complexity index is 970. The van der Waals surface area contributed by atoms with Crippen molar-refractivity contribution in [1.29, 1.82) is 0 Å². The van der Waals surface area contributed by atoms with E-state index in [0.29, 0.717) is 36.0 Å². The second kappa shape index (κ2) is 9.80. The quantitative estimate of drug-likeness (QED) is 0.406. The van der Waals surface area contributed by atoms with Crippen LogP contribution in [0.2, 0.25) is 0 Å². The number of thioether (sulfide) groups is 1. The third-order valence-electron chi connectivity index (χ3n) is 4.05. The number of hydrogen-bond acceptors (Lipinski definition) is 5. The van der Waals surface area contributed by atoms with Gasteiger partial charge >= 0.3 is 0 Å². The first-order valence-corrected chi connectivity index (χ1v) is 10.6. The number of hydrogen-bond donors (Lipinski definition) is 1. The molecule has 0 aliphatic carbocycles. The topological polar surface area (TPSA) is 64.6 Å². The number of carbonyl (C=O) groups excluding carboxylic acids is 2. The summed E-state index contributed by atoms with van der Waals surface area (Å²) >= 11 is 4.31. The van der Waals surface area contributed by atoms with Crippen LogP contribution in [-0.2, 0) is 17.8 Å². The van der Waals surface area contributed by atoms with Gasteiger partial charge in [0, 0.05) is 10.0 Å². The summed E-state index contributed by atoms with van der Waals surface area (Å²) < 4.78 is 12.9. The van der Waals surface area contributed by atoms with E-state index >= 15 is 0 Å². The number of allylic oxidation sites excluding steroid dienone is 1. The first kappa shape index (κ1) is 21.2. The average Bonchev–Trinajstić information content (AvgIpc) is 3.00. The van der Waals surface area contributed by atoms with Gasteiger partial charge in [-0.2, -0.15) is 0 Å². The van der Waals surface area contributed by atoms with E-state index in [1.807, 2.05) is 43.3 Å². The Morgan fingerprint density at radius 2 is 1.93 bits per heavy atom. The Morgan fingerprint density at radius 1 is 1.17 bits per heavy atom. The van der Waals surface area contributed by atoms with Crippen molar-refractivity contribution < 1.29 is 19.1 Å². The number of imide groups is 1. The van der Waals surface area contributed by atoms with Gasteiger partial charge in [-0.05, 0) is 66.6 Å². The summed E-state index contributed by atoms with van der Waals surface area (Å²) in [5, 5.41) is 1.89. The standard InChI is InChI=1S/C22H20BrNO4S/c1-3-5-16-10-15(12-19-21(25)24-22(26)29-19)11-18(27-4-2)20(16)28-13-14-6-8-17(23)9-7-14/h3,6-12H,1,4-5,13H2,2H3,(H,24,25,26). The Hall–Kier alpha value is -2.51. The monoisotopic (exact) mass is 473 g/mol. The molecule has 29 heavy (non-hydrogen) atoms. The van der Waals surface area contributed by atoms with E-state index in [0.717, 1.165) is 32.9 Å². The Balaban J connectivity index is 1.94. The molecule has 2 aromatic carbocycles. The zero-order valence-corrected chi connectivity index (χ0v) is 18.3. The first-order chi connectivity index (χ1) is 14.0. The first-order valence-electron chi connectivity index (χ1n) is 9.03. The van der Waals surface area contributed by atoms with E-state index in [2.05, 4.69) is 27.8 Å². The van der Waals surface area contributed by atoms with Gasteiger partial charge < -0.3 is 9.47 Å². The van der Waals surface area contributed by atoms with Crippen LogP contribution in [0, 0.1) is 0 Å². The third kappa shape index (κ3) is 5.52. The normalized spacial score (nSPS) is 14.8. The van der Waals surface area contributed by atoms with E-state index < -0.39 is 5.91 Å². The molecule has 0 atom stereocenters. The molecule has 2 amide bonds. The fourth-order valence-corrected chi connectivity index (χ4v) is 3.76. The summed E-state index contributed by atoms with van der Waals surface area (Å²) in [6.07, 6.45) is 4.04. The minimum Gasteiger partial charge on any atom is -0.490 e. The number of rotatable bonds is 8. The van der Waals surface area contributed by atoms with Gasteiger partial charge in [-0.25, -0.2) is 0 Å². The van der Waals surface area contributed by atoms with Gasteiger partial charge in [-0.3, -0.25) is 14.9 Å². The molecule has 0 bridgehead atoms. The van der Waals surface area contributed by atoms with E-state index in [1.165, 1.54) is 0 Å². The fourth-order valence-electron chi connectivity index (χ4n) is 2.81. The summed E-state index contributed by atoms with van der Waals surface area (Å²) in [5.41, 5.74) is 2.68. The van der Waals surface area contributed by atoms with Crippen LogP contribution in [0.25, 0.3) is 6.08 Å². The molecule has 1 saturated heterocycles. The number of ether oxygens (including phenoxy) is 2. The zero-order valence-electron chi connectivity index (χ0n) is 15.9. The molecule has 7 heteroatoms. The van der Waals surface area contributed by atoms with Crippen LogP contribution in [0.4, 0.5) is 4.79 Å². The molecule has 0 unspecified atom stereocenters. The fraction of sp³-hybridized carbons (Fsp3) is 0.182. The van der Waals surface area contributed by atoms with Crippen molar-refractivity contribution in [3.05, 3.63) is 75.1 Å². The summed E-state index contributed by atoms with van der Waals surface area (Å²) in [5.74, 6) is 0.848. The summed E-state index contributed by atoms with van der Waals surface area (Å²) in [4.78, 5) is 23.6. The minimum absolute atomic E-state index is 0.352. The highest BCUT2D eigenvalue weighted by Gasteiger charge is 2.25. The lowest BCUT2D eigenvalue weighted by Crippen LogP contribution is -2.17. The maximum Gasteiger partial charge on any atom is 0.290 e. The number of amides is 2. The number of halogens is 1. The van der Waals surface area contributed by atoms with Crippen LogP contribution >= 0.6 is 27.7 Å². The molecule has 1 aliphatic heterocycles. The number of carbonyl (C=O) groups is 2. The molecule has 3 rings (SSSR count). The van der Waals surface area contributed by atoms with E-state index in [1.54, 1.807) is 12.2 Å². The Kier molecular flexibility index (Phi) is 7.17. The smallest absolute Gasteiger partial charge is 0.290 e. The summed E-state index contributed by atoms with van der Waals surface area (Å²) in [6.45, 7) is 6.59. The van der Waals surface area contributed by atoms with Crippen LogP contribution in [0.15, 0.2) is 58.4 Å². The molecule has 1 fully saturated rings. The predicted molar refractivity (Wildman–Crippen MR) is 119 cm³/mol. The molecule has 5 nitrogen and oxygen atoms in total. The average molecular weight is 474 g/mol. The molecule has 1 N–H and O–H groups in total. The number of benzene rings is 2. The third-order valence-corrected chi connectivity index (χ3v) is 5.39. The summed E-state index contributed by atoms with van der Waals surface area (Å²) in [7, 11) is 0. The summed E-state index contributed by atoms with van der Waals surface area (Å²) in [6, 6.07) is 11.6. The molecule has 150 valence electrons. The largest absolute Gasteiger partial charge is 0.490 e. The van der Waals surface area contributed by atoms with Crippen LogP contribution in [0.5, 0.6) is 11.5 Å². The van der Waals surface area contributed by atoms with Crippen molar-refractivity contribution in [3.63, 3.8) is 0 Å². The highest BCUT2D eigenvalue weighted by molar-refractivity contribution is 9.10. The Morgan fingerprint density at radius 3 is 2.55 bits per heavy atom. The van der Waals surface area contributed by atoms with Crippen LogP contribution in [0.3, 0.4) is 0 Å². The van der Waals surface area contributed by atoms with Gasteiger partial charge in [0.1, 0.15) is 6.61 Å². The highest BCUT2D eigenvalue weighted by atomic mass is 79.9. The van der Waals surface area contributed by atoms with Crippen molar-refractivity contribution in [1.82, 2.24) is 5.32 Å². The van der Waals surface area contributed by atoms with Crippen LogP contribution in [0.1, 0.15) is 23.6 Å². The van der Waals surface area contributed by atoms with Crippen LogP contribution < -0.4 is 14.8 Å². The predicted octanol–water partition coefficient (Wildman–Crippen LogP) is 5.48. The molecule has 0 spiro atoms. The van der Waals surface area contributed by atoms with Crippen molar-refractivity contribution >= 4 is 44.9 Å². The van der Waals surface area contributed by atoms with Gasteiger partial charge in [0.25, 0.3) is 11.1 Å². The lowest BCUT2D eigenvalue weighted by molar-refractivity contribution is -0.115. The molecule has 1 heterocycles. The van der Waals surface area contributed by atoms with Gasteiger partial charge in [-0.1, -0.05) is 34.1 Å².